The molecule has 0 aliphatic heterocycles. The van der Waals surface area contributed by atoms with E-state index in [1.54, 1.807) is 23.8 Å². The lowest BCUT2D eigenvalue weighted by Gasteiger charge is -2.32. The quantitative estimate of drug-likeness (QED) is 0.386. The maximum absolute atomic E-state index is 13.6. The van der Waals surface area contributed by atoms with Crippen molar-refractivity contribution in [2.75, 3.05) is 31.3 Å². The SMILES string of the molecule is Cc1nc(NCC(O)C(F)(F)F)ccc1-c1nc2cnc(N[C@H]3CC[C@H](N(C)C)CC3)nc2n(C(C)C)c1=O. The van der Waals surface area contributed by atoms with Crippen LogP contribution >= 0.6 is 0 Å². The fourth-order valence-corrected chi connectivity index (χ4v) is 4.87. The zero-order valence-corrected chi connectivity index (χ0v) is 22.7. The first-order valence-corrected chi connectivity index (χ1v) is 13.0. The predicted molar refractivity (Wildman–Crippen MR) is 144 cm³/mol. The molecule has 0 aromatic carbocycles. The lowest BCUT2D eigenvalue weighted by molar-refractivity contribution is -0.198. The molecule has 0 bridgehead atoms. The smallest absolute Gasteiger partial charge is 0.382 e. The molecule has 10 nitrogen and oxygen atoms in total. The van der Waals surface area contributed by atoms with Gasteiger partial charge in [0, 0.05) is 29.4 Å². The third-order valence-corrected chi connectivity index (χ3v) is 7.10. The number of aromatic nitrogens is 5. The number of pyridine rings is 1. The number of alkyl halides is 3. The Kier molecular flexibility index (Phi) is 8.40. The van der Waals surface area contributed by atoms with Crippen molar-refractivity contribution in [1.82, 2.24) is 29.4 Å². The summed E-state index contributed by atoms with van der Waals surface area (Å²) >= 11 is 0. The third kappa shape index (κ3) is 6.47. The Morgan fingerprint density at radius 1 is 1.13 bits per heavy atom. The normalized spacial score (nSPS) is 19.1. The molecule has 3 aromatic rings. The van der Waals surface area contributed by atoms with Gasteiger partial charge < -0.3 is 20.6 Å². The molecule has 0 saturated heterocycles. The average molecular weight is 549 g/mol. The van der Waals surface area contributed by atoms with E-state index in [2.05, 4.69) is 49.6 Å². The van der Waals surface area contributed by atoms with Crippen LogP contribution in [0, 0.1) is 6.92 Å². The predicted octanol–water partition coefficient (Wildman–Crippen LogP) is 3.76. The number of halogens is 3. The van der Waals surface area contributed by atoms with Crippen LogP contribution in [0.2, 0.25) is 0 Å². The maximum atomic E-state index is 13.6. The lowest BCUT2D eigenvalue weighted by atomic mass is 9.91. The molecule has 13 heteroatoms. The molecule has 1 saturated carbocycles. The van der Waals surface area contributed by atoms with Crippen molar-refractivity contribution < 1.29 is 18.3 Å². The Balaban J connectivity index is 1.61. The molecule has 212 valence electrons. The first-order valence-electron chi connectivity index (χ1n) is 13.0. The number of fused-ring (bicyclic) bond motifs is 1. The minimum atomic E-state index is -4.73. The summed E-state index contributed by atoms with van der Waals surface area (Å²) in [5.74, 6) is 0.594. The number of hydrogen-bond acceptors (Lipinski definition) is 9. The summed E-state index contributed by atoms with van der Waals surface area (Å²) in [4.78, 5) is 33.8. The van der Waals surface area contributed by atoms with Crippen LogP contribution in [0.15, 0.2) is 23.1 Å². The molecule has 4 rings (SSSR count). The Morgan fingerprint density at radius 2 is 1.82 bits per heavy atom. The van der Waals surface area contributed by atoms with Crippen molar-refractivity contribution in [3.63, 3.8) is 0 Å². The van der Waals surface area contributed by atoms with E-state index in [0.29, 0.717) is 34.4 Å². The van der Waals surface area contributed by atoms with Crippen LogP contribution in [0.3, 0.4) is 0 Å². The molecule has 0 radical (unpaired) electrons. The Bertz CT molecular complexity index is 1370. The first-order chi connectivity index (χ1) is 18.3. The van der Waals surface area contributed by atoms with Crippen LogP contribution in [-0.2, 0) is 0 Å². The summed E-state index contributed by atoms with van der Waals surface area (Å²) in [6.45, 7) is 4.66. The van der Waals surface area contributed by atoms with E-state index in [1.165, 1.54) is 6.07 Å². The monoisotopic (exact) mass is 548 g/mol. The molecule has 0 spiro atoms. The number of rotatable bonds is 8. The zero-order chi connectivity index (χ0) is 28.5. The van der Waals surface area contributed by atoms with Gasteiger partial charge in [0.25, 0.3) is 5.56 Å². The number of aryl methyl sites for hydroxylation is 1. The highest BCUT2D eigenvalue weighted by molar-refractivity contribution is 5.75. The summed E-state index contributed by atoms with van der Waals surface area (Å²) in [6, 6.07) is 3.63. The van der Waals surface area contributed by atoms with E-state index in [1.807, 2.05) is 13.8 Å². The van der Waals surface area contributed by atoms with Gasteiger partial charge in [-0.1, -0.05) is 0 Å². The molecule has 0 amide bonds. The second-order valence-corrected chi connectivity index (χ2v) is 10.5. The van der Waals surface area contributed by atoms with Crippen LogP contribution in [0.25, 0.3) is 22.4 Å². The number of nitrogens with zero attached hydrogens (tertiary/aromatic N) is 6. The van der Waals surface area contributed by atoms with Crippen molar-refractivity contribution >= 4 is 22.9 Å². The van der Waals surface area contributed by atoms with Crippen molar-refractivity contribution in [2.45, 2.75) is 76.9 Å². The van der Waals surface area contributed by atoms with Crippen LogP contribution in [-0.4, -0.2) is 79.5 Å². The number of nitrogens with one attached hydrogen (secondary N) is 2. The molecule has 39 heavy (non-hydrogen) atoms. The summed E-state index contributed by atoms with van der Waals surface area (Å²) in [5.41, 5.74) is 1.49. The summed E-state index contributed by atoms with van der Waals surface area (Å²) < 4.78 is 39.4. The second-order valence-electron chi connectivity index (χ2n) is 10.5. The first kappa shape index (κ1) is 28.7. The highest BCUT2D eigenvalue weighted by Gasteiger charge is 2.38. The van der Waals surface area contributed by atoms with Crippen LogP contribution < -0.4 is 16.2 Å². The van der Waals surface area contributed by atoms with Crippen molar-refractivity contribution in [3.05, 3.63) is 34.4 Å². The summed E-state index contributed by atoms with van der Waals surface area (Å²) in [7, 11) is 4.20. The Hall–Kier alpha value is -3.32. The number of anilines is 2. The van der Waals surface area contributed by atoms with Crippen LogP contribution in [0.5, 0.6) is 0 Å². The molecular formula is C26H35F3N8O2. The second kappa shape index (κ2) is 11.4. The van der Waals surface area contributed by atoms with Crippen LogP contribution in [0.1, 0.15) is 51.3 Å². The van der Waals surface area contributed by atoms with Gasteiger partial charge in [0.15, 0.2) is 11.8 Å². The van der Waals surface area contributed by atoms with Crippen molar-refractivity contribution in [3.8, 4) is 11.3 Å². The van der Waals surface area contributed by atoms with Gasteiger partial charge in [0.2, 0.25) is 5.95 Å². The van der Waals surface area contributed by atoms with Gasteiger partial charge in [0.05, 0.1) is 12.7 Å². The Morgan fingerprint density at radius 3 is 2.41 bits per heavy atom. The van der Waals surface area contributed by atoms with E-state index >= 15 is 0 Å². The minimum Gasteiger partial charge on any atom is -0.382 e. The van der Waals surface area contributed by atoms with Gasteiger partial charge in [-0.05, 0) is 72.7 Å². The van der Waals surface area contributed by atoms with Crippen LogP contribution in [0.4, 0.5) is 24.9 Å². The molecule has 1 fully saturated rings. The van der Waals surface area contributed by atoms with Gasteiger partial charge >= 0.3 is 6.18 Å². The molecule has 3 heterocycles. The van der Waals surface area contributed by atoms with E-state index < -0.39 is 18.8 Å². The maximum Gasteiger partial charge on any atom is 0.416 e. The lowest BCUT2D eigenvalue weighted by Crippen LogP contribution is -2.36. The number of hydrogen-bond donors (Lipinski definition) is 3. The van der Waals surface area contributed by atoms with Gasteiger partial charge in [-0.15, -0.1) is 0 Å². The van der Waals surface area contributed by atoms with E-state index in [0.717, 1.165) is 25.7 Å². The molecule has 3 N–H and O–H groups in total. The van der Waals surface area contributed by atoms with Gasteiger partial charge in [-0.2, -0.15) is 18.2 Å². The van der Waals surface area contributed by atoms with E-state index in [4.69, 9.17) is 0 Å². The highest BCUT2D eigenvalue weighted by Crippen LogP contribution is 2.26. The van der Waals surface area contributed by atoms with E-state index in [9.17, 15) is 23.1 Å². The standard InChI is InChI=1S/C26H35F3N8O2/c1-14(2)37-23-19(12-31-25(35-23)33-16-6-8-17(9-7-16)36(4)5)34-22(24(37)39)18-10-11-21(32-15(18)3)30-13-20(38)26(27,28)29/h10-12,14,16-17,20,38H,6-9,13H2,1-5H3,(H,30,32)(H,31,33,35)/t16-,17-,20?. The molecule has 3 aromatic heterocycles. The third-order valence-electron chi connectivity index (χ3n) is 7.10. The van der Waals surface area contributed by atoms with Gasteiger partial charge in [-0.3, -0.25) is 9.36 Å². The van der Waals surface area contributed by atoms with E-state index in [-0.39, 0.29) is 29.2 Å². The molecule has 1 unspecified atom stereocenters. The fourth-order valence-electron chi connectivity index (χ4n) is 4.87. The molecular weight excluding hydrogens is 513 g/mol. The molecule has 1 atom stereocenters. The van der Waals surface area contributed by atoms with Gasteiger partial charge in [0.1, 0.15) is 17.0 Å². The number of aliphatic hydroxyl groups excluding tert-OH is 1. The fraction of sp³-hybridized carbons (Fsp3) is 0.577. The summed E-state index contributed by atoms with van der Waals surface area (Å²) in [5, 5.41) is 15.1. The minimum absolute atomic E-state index is 0.142. The van der Waals surface area contributed by atoms with Crippen molar-refractivity contribution in [1.29, 1.82) is 0 Å². The summed E-state index contributed by atoms with van der Waals surface area (Å²) in [6.07, 6.45) is -1.48. The average Bonchev–Trinajstić information content (AvgIpc) is 2.86. The zero-order valence-electron chi connectivity index (χ0n) is 22.7. The van der Waals surface area contributed by atoms with Crippen molar-refractivity contribution in [2.24, 2.45) is 0 Å². The topological polar surface area (TPSA) is 121 Å². The molecule has 1 aliphatic carbocycles. The Labute approximate surface area is 224 Å². The van der Waals surface area contributed by atoms with Gasteiger partial charge in [-0.25, -0.2) is 15.0 Å². The largest absolute Gasteiger partial charge is 0.416 e. The highest BCUT2D eigenvalue weighted by atomic mass is 19.4. The number of aliphatic hydroxyl groups is 1. The molecule has 1 aliphatic rings.